The highest BCUT2D eigenvalue weighted by Gasteiger charge is 2.17. The molecule has 1 saturated heterocycles. The van der Waals surface area contributed by atoms with E-state index in [2.05, 4.69) is 10.6 Å². The average Bonchev–Trinajstić information content (AvgIpc) is 2.62. The first-order chi connectivity index (χ1) is 11.8. The molecule has 1 aliphatic heterocycles. The lowest BCUT2D eigenvalue weighted by Crippen LogP contribution is -2.39. The van der Waals surface area contributed by atoms with Crippen molar-refractivity contribution in [3.8, 4) is 16.9 Å². The molecule has 0 spiro atoms. The fraction of sp³-hybridized carbons (Fsp3) is 0.316. The van der Waals surface area contributed by atoms with Crippen LogP contribution in [0.25, 0.3) is 11.1 Å². The molecule has 1 aliphatic rings. The number of para-hydroxylation sites is 1. The Bertz CT molecular complexity index is 705. The largest absolute Gasteiger partial charge is 0.496 e. The number of hydrogen-bond acceptors (Lipinski definition) is 4. The lowest BCUT2D eigenvalue weighted by molar-refractivity contribution is -0.116. The molecule has 134 valence electrons. The van der Waals surface area contributed by atoms with Crippen LogP contribution in [0.1, 0.15) is 6.42 Å². The third-order valence-corrected chi connectivity index (χ3v) is 5.13. The number of carbonyl (C=O) groups is 1. The van der Waals surface area contributed by atoms with Crippen molar-refractivity contribution in [1.29, 1.82) is 0 Å². The van der Waals surface area contributed by atoms with Gasteiger partial charge in [0.15, 0.2) is 0 Å². The second-order valence-corrected chi connectivity index (χ2v) is 6.91. The third-order valence-electron chi connectivity index (χ3n) is 3.99. The van der Waals surface area contributed by atoms with E-state index in [0.717, 1.165) is 40.6 Å². The van der Waals surface area contributed by atoms with E-state index in [4.69, 9.17) is 4.74 Å². The van der Waals surface area contributed by atoms with Gasteiger partial charge in [-0.3, -0.25) is 4.79 Å². The van der Waals surface area contributed by atoms with E-state index in [1.165, 1.54) is 0 Å². The van der Waals surface area contributed by atoms with E-state index in [1.807, 2.05) is 60.3 Å². The zero-order valence-corrected chi connectivity index (χ0v) is 15.8. The Balaban J connectivity index is 0.00000225. The van der Waals surface area contributed by atoms with Crippen LogP contribution in [0.15, 0.2) is 48.5 Å². The topological polar surface area (TPSA) is 50.4 Å². The Kier molecular flexibility index (Phi) is 7.62. The summed E-state index contributed by atoms with van der Waals surface area (Å²) in [6.45, 7) is 0.978. The summed E-state index contributed by atoms with van der Waals surface area (Å²) in [5.74, 6) is 2.99. The monoisotopic (exact) mass is 378 g/mol. The van der Waals surface area contributed by atoms with Gasteiger partial charge in [0.1, 0.15) is 5.75 Å². The number of amides is 1. The van der Waals surface area contributed by atoms with E-state index in [1.54, 1.807) is 7.11 Å². The molecule has 1 heterocycles. The third kappa shape index (κ3) is 5.39. The SMILES string of the molecule is COc1ccccc1-c1cccc(NC(=O)CC2CSCCN2)c1.Cl. The van der Waals surface area contributed by atoms with Crippen molar-refractivity contribution in [2.24, 2.45) is 0 Å². The minimum atomic E-state index is 0. The Morgan fingerprint density at radius 2 is 2.12 bits per heavy atom. The Labute approximate surface area is 159 Å². The van der Waals surface area contributed by atoms with Gasteiger partial charge in [0.05, 0.1) is 7.11 Å². The first-order valence-corrected chi connectivity index (χ1v) is 9.26. The summed E-state index contributed by atoms with van der Waals surface area (Å²) in [7, 11) is 1.67. The summed E-state index contributed by atoms with van der Waals surface area (Å²) < 4.78 is 5.42. The van der Waals surface area contributed by atoms with Crippen LogP contribution in [0, 0.1) is 0 Å². The molecular formula is C19H23ClN2O2S. The van der Waals surface area contributed by atoms with Crippen molar-refractivity contribution in [2.45, 2.75) is 12.5 Å². The van der Waals surface area contributed by atoms with Gasteiger partial charge in [-0.15, -0.1) is 12.4 Å². The second-order valence-electron chi connectivity index (χ2n) is 5.76. The highest BCUT2D eigenvalue weighted by Crippen LogP contribution is 2.31. The van der Waals surface area contributed by atoms with Gasteiger partial charge in [0.25, 0.3) is 0 Å². The summed E-state index contributed by atoms with van der Waals surface area (Å²) in [6, 6.07) is 16.0. The maximum absolute atomic E-state index is 12.3. The molecule has 25 heavy (non-hydrogen) atoms. The summed E-state index contributed by atoms with van der Waals surface area (Å²) in [4.78, 5) is 12.3. The van der Waals surface area contributed by atoms with E-state index in [-0.39, 0.29) is 24.4 Å². The van der Waals surface area contributed by atoms with Gasteiger partial charge >= 0.3 is 0 Å². The van der Waals surface area contributed by atoms with Crippen molar-refractivity contribution in [1.82, 2.24) is 5.32 Å². The second kappa shape index (κ2) is 9.70. The number of anilines is 1. The molecule has 1 unspecified atom stereocenters. The van der Waals surface area contributed by atoms with Crippen molar-refractivity contribution in [3.05, 3.63) is 48.5 Å². The van der Waals surface area contributed by atoms with E-state index < -0.39 is 0 Å². The predicted molar refractivity (Wildman–Crippen MR) is 108 cm³/mol. The smallest absolute Gasteiger partial charge is 0.225 e. The van der Waals surface area contributed by atoms with Gasteiger partial charge in [0, 0.05) is 41.8 Å². The highest BCUT2D eigenvalue weighted by molar-refractivity contribution is 7.99. The zero-order chi connectivity index (χ0) is 16.8. The lowest BCUT2D eigenvalue weighted by Gasteiger charge is -2.22. The fourth-order valence-electron chi connectivity index (χ4n) is 2.83. The van der Waals surface area contributed by atoms with Gasteiger partial charge in [-0.25, -0.2) is 0 Å². The number of hydrogen-bond donors (Lipinski definition) is 2. The van der Waals surface area contributed by atoms with E-state index in [9.17, 15) is 4.79 Å². The van der Waals surface area contributed by atoms with Crippen LogP contribution in [0.5, 0.6) is 5.75 Å². The van der Waals surface area contributed by atoms with Gasteiger partial charge in [-0.1, -0.05) is 30.3 Å². The van der Waals surface area contributed by atoms with E-state index in [0.29, 0.717) is 6.42 Å². The Morgan fingerprint density at radius 3 is 2.88 bits per heavy atom. The summed E-state index contributed by atoms with van der Waals surface area (Å²) in [5.41, 5.74) is 2.85. The molecule has 0 aliphatic carbocycles. The van der Waals surface area contributed by atoms with E-state index >= 15 is 0 Å². The molecule has 3 rings (SSSR count). The van der Waals surface area contributed by atoms with Crippen molar-refractivity contribution in [2.75, 3.05) is 30.5 Å². The molecule has 0 radical (unpaired) electrons. The number of ether oxygens (including phenoxy) is 1. The number of nitrogens with one attached hydrogen (secondary N) is 2. The maximum atomic E-state index is 12.3. The quantitative estimate of drug-likeness (QED) is 0.830. The lowest BCUT2D eigenvalue weighted by atomic mass is 10.0. The normalized spacial score (nSPS) is 16.6. The first-order valence-electron chi connectivity index (χ1n) is 8.10. The molecule has 2 aromatic carbocycles. The molecule has 4 nitrogen and oxygen atoms in total. The van der Waals surface area contributed by atoms with Crippen LogP contribution >= 0.6 is 24.2 Å². The highest BCUT2D eigenvalue weighted by atomic mass is 35.5. The Hall–Kier alpha value is -1.69. The van der Waals surface area contributed by atoms with Gasteiger partial charge < -0.3 is 15.4 Å². The molecular weight excluding hydrogens is 356 g/mol. The van der Waals surface area contributed by atoms with Gasteiger partial charge in [0.2, 0.25) is 5.91 Å². The minimum absolute atomic E-state index is 0. The maximum Gasteiger partial charge on any atom is 0.225 e. The standard InChI is InChI=1S/C19H22N2O2S.ClH/c1-23-18-8-3-2-7-17(18)14-5-4-6-15(11-14)21-19(22)12-16-13-24-10-9-20-16;/h2-8,11,16,20H,9-10,12-13H2,1H3,(H,21,22);1H. The molecule has 0 bridgehead atoms. The molecule has 0 aromatic heterocycles. The number of carbonyl (C=O) groups excluding carboxylic acids is 1. The van der Waals surface area contributed by atoms with Crippen LogP contribution in [0.4, 0.5) is 5.69 Å². The van der Waals surface area contributed by atoms with Crippen LogP contribution < -0.4 is 15.4 Å². The number of methoxy groups -OCH3 is 1. The number of rotatable bonds is 5. The number of benzene rings is 2. The molecule has 2 N–H and O–H groups in total. The zero-order valence-electron chi connectivity index (χ0n) is 14.2. The van der Waals surface area contributed by atoms with Crippen LogP contribution in [0.2, 0.25) is 0 Å². The average molecular weight is 379 g/mol. The van der Waals surface area contributed by atoms with Crippen molar-refractivity contribution >= 4 is 35.8 Å². The van der Waals surface area contributed by atoms with Gasteiger partial charge in [-0.05, 0) is 23.8 Å². The van der Waals surface area contributed by atoms with Gasteiger partial charge in [-0.2, -0.15) is 11.8 Å². The molecule has 1 fully saturated rings. The summed E-state index contributed by atoms with van der Waals surface area (Å²) in [5, 5.41) is 6.40. The van der Waals surface area contributed by atoms with Crippen LogP contribution in [0.3, 0.4) is 0 Å². The predicted octanol–water partition coefficient (Wildman–Crippen LogP) is 3.82. The first kappa shape index (κ1) is 19.6. The van der Waals surface area contributed by atoms with Crippen molar-refractivity contribution in [3.63, 3.8) is 0 Å². The number of thioether (sulfide) groups is 1. The van der Waals surface area contributed by atoms with Crippen LogP contribution in [-0.2, 0) is 4.79 Å². The molecule has 6 heteroatoms. The minimum Gasteiger partial charge on any atom is -0.496 e. The molecule has 1 amide bonds. The van der Waals surface area contributed by atoms with Crippen LogP contribution in [-0.4, -0.2) is 37.1 Å². The van der Waals surface area contributed by atoms with Crippen molar-refractivity contribution < 1.29 is 9.53 Å². The number of halogens is 1. The fourth-order valence-corrected chi connectivity index (χ4v) is 3.78. The summed E-state index contributed by atoms with van der Waals surface area (Å²) >= 11 is 1.90. The summed E-state index contributed by atoms with van der Waals surface area (Å²) in [6.07, 6.45) is 0.506. The molecule has 0 saturated carbocycles. The molecule has 1 atom stereocenters. The Morgan fingerprint density at radius 1 is 1.28 bits per heavy atom. The molecule has 2 aromatic rings.